The lowest BCUT2D eigenvalue weighted by molar-refractivity contribution is -0.116. The summed E-state index contributed by atoms with van der Waals surface area (Å²) >= 11 is 0. The number of ether oxygens (including phenoxy) is 1. The Bertz CT molecular complexity index is 1090. The molecule has 0 bridgehead atoms. The standard InChI is InChI=1S/C22H20N4O2/c1-2-28-18-9-7-17(8-10-18)24-21(27)15-26-20-6-4-3-5-19(20)25-22(26)16-11-13-23-14-12-16/h3-14H,2,15H2,1H3,(H,24,27). The highest BCUT2D eigenvalue weighted by Crippen LogP contribution is 2.24. The van der Waals surface area contributed by atoms with Crippen LogP contribution in [0.1, 0.15) is 6.92 Å². The van der Waals surface area contributed by atoms with Gasteiger partial charge in [0.2, 0.25) is 5.91 Å². The molecular formula is C22H20N4O2. The molecule has 28 heavy (non-hydrogen) atoms. The number of hydrogen-bond acceptors (Lipinski definition) is 4. The van der Waals surface area contributed by atoms with Gasteiger partial charge in [-0.15, -0.1) is 0 Å². The summed E-state index contributed by atoms with van der Waals surface area (Å²) in [6.45, 7) is 2.70. The molecule has 2 heterocycles. The zero-order chi connectivity index (χ0) is 19.3. The van der Waals surface area contributed by atoms with Gasteiger partial charge < -0.3 is 14.6 Å². The number of benzene rings is 2. The molecule has 0 radical (unpaired) electrons. The van der Waals surface area contributed by atoms with E-state index in [-0.39, 0.29) is 12.5 Å². The van der Waals surface area contributed by atoms with E-state index in [1.54, 1.807) is 12.4 Å². The number of rotatable bonds is 6. The zero-order valence-corrected chi connectivity index (χ0v) is 15.5. The van der Waals surface area contributed by atoms with Gasteiger partial charge in [-0.25, -0.2) is 4.98 Å². The molecule has 0 aliphatic carbocycles. The first-order chi connectivity index (χ1) is 13.7. The van der Waals surface area contributed by atoms with Crippen molar-refractivity contribution in [3.8, 4) is 17.1 Å². The summed E-state index contributed by atoms with van der Waals surface area (Å²) in [7, 11) is 0. The number of anilines is 1. The van der Waals surface area contributed by atoms with Crippen LogP contribution in [0.2, 0.25) is 0 Å². The molecule has 4 aromatic rings. The second-order valence-corrected chi connectivity index (χ2v) is 6.25. The molecule has 0 atom stereocenters. The van der Waals surface area contributed by atoms with Crippen LogP contribution in [0.4, 0.5) is 5.69 Å². The highest BCUT2D eigenvalue weighted by molar-refractivity contribution is 5.92. The van der Waals surface area contributed by atoms with Gasteiger partial charge in [-0.05, 0) is 55.5 Å². The smallest absolute Gasteiger partial charge is 0.244 e. The third-order valence-electron chi connectivity index (χ3n) is 4.34. The molecule has 4 rings (SSSR count). The van der Waals surface area contributed by atoms with Crippen LogP contribution in [0.5, 0.6) is 5.75 Å². The van der Waals surface area contributed by atoms with E-state index in [0.717, 1.165) is 33.9 Å². The zero-order valence-electron chi connectivity index (χ0n) is 15.5. The van der Waals surface area contributed by atoms with E-state index in [9.17, 15) is 4.79 Å². The third-order valence-corrected chi connectivity index (χ3v) is 4.34. The number of para-hydroxylation sites is 2. The minimum Gasteiger partial charge on any atom is -0.494 e. The fraction of sp³-hybridized carbons (Fsp3) is 0.136. The van der Waals surface area contributed by atoms with E-state index in [4.69, 9.17) is 9.72 Å². The van der Waals surface area contributed by atoms with Crippen LogP contribution in [0.25, 0.3) is 22.4 Å². The molecule has 2 aromatic heterocycles. The molecule has 0 fully saturated rings. The summed E-state index contributed by atoms with van der Waals surface area (Å²) in [4.78, 5) is 21.5. The van der Waals surface area contributed by atoms with Gasteiger partial charge in [-0.3, -0.25) is 9.78 Å². The summed E-state index contributed by atoms with van der Waals surface area (Å²) in [6, 6.07) is 18.9. The number of imidazole rings is 1. The molecule has 6 heteroatoms. The monoisotopic (exact) mass is 372 g/mol. The Labute approximate surface area is 162 Å². The molecule has 6 nitrogen and oxygen atoms in total. The molecule has 0 unspecified atom stereocenters. The molecular weight excluding hydrogens is 352 g/mol. The predicted molar refractivity (Wildman–Crippen MR) is 109 cm³/mol. The summed E-state index contributed by atoms with van der Waals surface area (Å²) in [5, 5.41) is 2.94. The topological polar surface area (TPSA) is 69.0 Å². The van der Waals surface area contributed by atoms with Crippen molar-refractivity contribution in [2.45, 2.75) is 13.5 Å². The van der Waals surface area contributed by atoms with Gasteiger partial charge in [0.05, 0.1) is 17.6 Å². The Kier molecular flexibility index (Phi) is 5.01. The van der Waals surface area contributed by atoms with Crippen LogP contribution in [0.15, 0.2) is 73.1 Å². The quantitative estimate of drug-likeness (QED) is 0.552. The van der Waals surface area contributed by atoms with Gasteiger partial charge in [0, 0.05) is 23.6 Å². The van der Waals surface area contributed by atoms with Crippen LogP contribution < -0.4 is 10.1 Å². The van der Waals surface area contributed by atoms with Crippen molar-refractivity contribution in [2.75, 3.05) is 11.9 Å². The van der Waals surface area contributed by atoms with E-state index in [2.05, 4.69) is 10.3 Å². The van der Waals surface area contributed by atoms with Crippen molar-refractivity contribution in [1.29, 1.82) is 0 Å². The maximum absolute atomic E-state index is 12.7. The Hall–Kier alpha value is -3.67. The molecule has 0 saturated heterocycles. The minimum absolute atomic E-state index is 0.123. The summed E-state index contributed by atoms with van der Waals surface area (Å²) < 4.78 is 7.36. The van der Waals surface area contributed by atoms with Gasteiger partial charge in [0.15, 0.2) is 0 Å². The normalized spacial score (nSPS) is 10.8. The first kappa shape index (κ1) is 17.7. The van der Waals surface area contributed by atoms with Gasteiger partial charge in [0.1, 0.15) is 18.1 Å². The maximum Gasteiger partial charge on any atom is 0.244 e. The Morgan fingerprint density at radius 1 is 1.04 bits per heavy atom. The fourth-order valence-corrected chi connectivity index (χ4v) is 3.10. The molecule has 0 saturated carbocycles. The van der Waals surface area contributed by atoms with E-state index in [1.165, 1.54) is 0 Å². The Morgan fingerprint density at radius 3 is 2.54 bits per heavy atom. The molecule has 0 aliphatic heterocycles. The first-order valence-electron chi connectivity index (χ1n) is 9.13. The predicted octanol–water partition coefficient (Wildman–Crippen LogP) is 4.14. The van der Waals surface area contributed by atoms with Crippen molar-refractivity contribution in [1.82, 2.24) is 14.5 Å². The van der Waals surface area contributed by atoms with Crippen LogP contribution in [-0.4, -0.2) is 27.0 Å². The van der Waals surface area contributed by atoms with E-state index in [1.807, 2.05) is 72.2 Å². The molecule has 1 amide bonds. The lowest BCUT2D eigenvalue weighted by Gasteiger charge is -2.11. The Morgan fingerprint density at radius 2 is 1.79 bits per heavy atom. The van der Waals surface area contributed by atoms with Gasteiger partial charge in [0.25, 0.3) is 0 Å². The van der Waals surface area contributed by atoms with Crippen molar-refractivity contribution in [2.24, 2.45) is 0 Å². The van der Waals surface area contributed by atoms with Crippen LogP contribution in [0, 0.1) is 0 Å². The lowest BCUT2D eigenvalue weighted by atomic mass is 10.2. The highest BCUT2D eigenvalue weighted by atomic mass is 16.5. The van der Waals surface area contributed by atoms with Crippen LogP contribution in [-0.2, 0) is 11.3 Å². The summed E-state index contributed by atoms with van der Waals surface area (Å²) in [5.41, 5.74) is 3.41. The van der Waals surface area contributed by atoms with Crippen molar-refractivity contribution < 1.29 is 9.53 Å². The van der Waals surface area contributed by atoms with Gasteiger partial charge >= 0.3 is 0 Å². The first-order valence-corrected chi connectivity index (χ1v) is 9.13. The number of hydrogen-bond donors (Lipinski definition) is 1. The average molecular weight is 372 g/mol. The molecule has 0 aliphatic rings. The molecule has 1 N–H and O–H groups in total. The number of fused-ring (bicyclic) bond motifs is 1. The molecule has 0 spiro atoms. The summed E-state index contributed by atoms with van der Waals surface area (Å²) in [5.74, 6) is 1.40. The summed E-state index contributed by atoms with van der Waals surface area (Å²) in [6.07, 6.45) is 3.44. The van der Waals surface area contributed by atoms with E-state index in [0.29, 0.717) is 6.61 Å². The number of nitrogens with zero attached hydrogens (tertiary/aromatic N) is 3. The number of pyridine rings is 1. The second kappa shape index (κ2) is 7.92. The van der Waals surface area contributed by atoms with Crippen LogP contribution >= 0.6 is 0 Å². The van der Waals surface area contributed by atoms with Crippen molar-refractivity contribution >= 4 is 22.6 Å². The number of carbonyl (C=O) groups excluding carboxylic acids is 1. The molecule has 140 valence electrons. The van der Waals surface area contributed by atoms with Crippen molar-refractivity contribution in [3.05, 3.63) is 73.1 Å². The van der Waals surface area contributed by atoms with E-state index >= 15 is 0 Å². The third kappa shape index (κ3) is 3.71. The minimum atomic E-state index is -0.123. The molecule has 2 aromatic carbocycles. The van der Waals surface area contributed by atoms with Gasteiger partial charge in [-0.1, -0.05) is 12.1 Å². The number of aromatic nitrogens is 3. The largest absolute Gasteiger partial charge is 0.494 e. The average Bonchev–Trinajstić information content (AvgIpc) is 3.09. The van der Waals surface area contributed by atoms with Crippen molar-refractivity contribution in [3.63, 3.8) is 0 Å². The second-order valence-electron chi connectivity index (χ2n) is 6.25. The highest BCUT2D eigenvalue weighted by Gasteiger charge is 2.15. The van der Waals surface area contributed by atoms with E-state index < -0.39 is 0 Å². The fourth-order valence-electron chi connectivity index (χ4n) is 3.10. The number of nitrogens with one attached hydrogen (secondary N) is 1. The van der Waals surface area contributed by atoms with Gasteiger partial charge in [-0.2, -0.15) is 0 Å². The van der Waals surface area contributed by atoms with Crippen LogP contribution in [0.3, 0.4) is 0 Å². The number of carbonyl (C=O) groups is 1. The maximum atomic E-state index is 12.7. The number of amides is 1. The Balaban J connectivity index is 1.61. The SMILES string of the molecule is CCOc1ccc(NC(=O)Cn2c(-c3ccncc3)nc3ccccc32)cc1. The lowest BCUT2D eigenvalue weighted by Crippen LogP contribution is -2.19.